The molecule has 0 spiro atoms. The first-order chi connectivity index (χ1) is 30.1. The quantitative estimate of drug-likeness (QED) is 0.0588. The topological polar surface area (TPSA) is 130 Å². The number of nitrogens with zero attached hydrogens (tertiary/aromatic N) is 4. The molecule has 320 valence electrons. The number of aromatic nitrogens is 1. The molecule has 9 rings (SSSR count). The standard InChI is InChI=1S/C48H49ClN6O5S2/c49-39-16-13-33(14-17-39)44-12-5-4-7-37(44)30-53-23-24-54-41(31-53)26-38-25-34(15-20-46(38)54)48(56)51-62(59,60)43-18-19-45(47(27-43)55(57)58)50-40(32-61-42-10-2-1-3-11-42)21-22-52-28-35-8-6-9-36(35)29-52/h1-5,7,10-20,25-27,35-36,40,50H,6,8-9,21-24,28-32H2,(H,51,56)/t35-,36+,40?. The van der Waals surface area contributed by atoms with Gasteiger partial charge in [0.1, 0.15) is 5.69 Å². The summed E-state index contributed by atoms with van der Waals surface area (Å²) < 4.78 is 31.7. The second-order valence-corrected chi connectivity index (χ2v) is 20.0. The molecule has 2 N–H and O–H groups in total. The molecule has 1 aliphatic carbocycles. The third-order valence-electron chi connectivity index (χ3n) is 12.7. The zero-order chi connectivity index (χ0) is 42.8. The number of sulfonamides is 1. The Morgan fingerprint density at radius 3 is 2.40 bits per heavy atom. The van der Waals surface area contributed by atoms with Crippen LogP contribution in [0.1, 0.15) is 47.3 Å². The maximum absolute atomic E-state index is 13.7. The van der Waals surface area contributed by atoms with Crippen LogP contribution in [0.4, 0.5) is 11.4 Å². The fourth-order valence-corrected chi connectivity index (χ4v) is 11.6. The highest BCUT2D eigenvalue weighted by Crippen LogP contribution is 2.38. The number of nitro benzene ring substituents is 1. The molecular formula is C48H49ClN6O5S2. The number of benzene rings is 5. The fourth-order valence-electron chi connectivity index (χ4n) is 9.53. The Labute approximate surface area is 371 Å². The summed E-state index contributed by atoms with van der Waals surface area (Å²) in [5.41, 5.74) is 5.59. The van der Waals surface area contributed by atoms with Gasteiger partial charge in [0.15, 0.2) is 0 Å². The first-order valence-electron chi connectivity index (χ1n) is 21.3. The number of likely N-dealkylation sites (tertiary alicyclic amines) is 1. The Morgan fingerprint density at radius 1 is 0.871 bits per heavy atom. The highest BCUT2D eigenvalue weighted by Gasteiger charge is 2.36. The monoisotopic (exact) mass is 888 g/mol. The average molecular weight is 890 g/mol. The Morgan fingerprint density at radius 2 is 1.63 bits per heavy atom. The molecule has 1 saturated carbocycles. The maximum atomic E-state index is 13.7. The van der Waals surface area contributed by atoms with E-state index in [0.717, 1.165) is 96.2 Å². The lowest BCUT2D eigenvalue weighted by Gasteiger charge is -2.29. The molecule has 0 radical (unpaired) electrons. The van der Waals surface area contributed by atoms with Gasteiger partial charge in [-0.2, -0.15) is 0 Å². The number of hydrogen-bond donors (Lipinski definition) is 2. The Kier molecular flexibility index (Phi) is 12.4. The molecule has 2 fully saturated rings. The number of amides is 1. The Balaban J connectivity index is 0.874. The van der Waals surface area contributed by atoms with Crippen LogP contribution in [0.25, 0.3) is 22.0 Å². The van der Waals surface area contributed by atoms with Gasteiger partial charge in [-0.15, -0.1) is 11.8 Å². The van der Waals surface area contributed by atoms with Crippen molar-refractivity contribution in [3.8, 4) is 11.1 Å². The van der Waals surface area contributed by atoms with E-state index in [-0.39, 0.29) is 27.9 Å². The maximum Gasteiger partial charge on any atom is 0.293 e. The molecule has 6 aromatic rings. The molecule has 3 atom stereocenters. The molecular weight excluding hydrogens is 840 g/mol. The number of nitrogens with one attached hydrogen (secondary N) is 2. The summed E-state index contributed by atoms with van der Waals surface area (Å²) in [5, 5.41) is 17.4. The van der Waals surface area contributed by atoms with Crippen LogP contribution < -0.4 is 10.0 Å². The minimum Gasteiger partial charge on any atom is -0.376 e. The number of nitro groups is 1. The van der Waals surface area contributed by atoms with Crippen LogP contribution in [0.5, 0.6) is 0 Å². The summed E-state index contributed by atoms with van der Waals surface area (Å²) in [6.45, 7) is 6.14. The van der Waals surface area contributed by atoms with Crippen LogP contribution in [0.3, 0.4) is 0 Å². The molecule has 3 heterocycles. The lowest BCUT2D eigenvalue weighted by molar-refractivity contribution is -0.384. The van der Waals surface area contributed by atoms with Gasteiger partial charge in [0.05, 0.1) is 9.82 Å². The van der Waals surface area contributed by atoms with Crippen molar-refractivity contribution < 1.29 is 18.1 Å². The third kappa shape index (κ3) is 9.42. The van der Waals surface area contributed by atoms with E-state index in [9.17, 15) is 23.3 Å². The second-order valence-electron chi connectivity index (χ2n) is 16.8. The largest absolute Gasteiger partial charge is 0.376 e. The zero-order valence-corrected chi connectivity index (χ0v) is 36.7. The molecule has 3 aliphatic rings. The summed E-state index contributed by atoms with van der Waals surface area (Å²) in [7, 11) is -4.46. The molecule has 11 nitrogen and oxygen atoms in total. The number of rotatable bonds is 15. The zero-order valence-electron chi connectivity index (χ0n) is 34.3. The first kappa shape index (κ1) is 42.1. The SMILES string of the molecule is O=C(NS(=O)(=O)c1ccc(NC(CCN2C[C@H]3CCC[C@H]3C2)CSc2ccccc2)c([N+](=O)[O-])c1)c1ccc2c(c1)cc1n2CCN(Cc2ccccc2-c2ccc(Cl)cc2)C1. The summed E-state index contributed by atoms with van der Waals surface area (Å²) in [6, 6.07) is 37.2. The number of carbonyl (C=O) groups is 1. The first-order valence-corrected chi connectivity index (χ1v) is 24.1. The normalized spacial score (nSPS) is 18.3. The van der Waals surface area contributed by atoms with Crippen LogP contribution in [0.15, 0.2) is 131 Å². The highest BCUT2D eigenvalue weighted by atomic mass is 35.5. The fraction of sp³-hybridized carbons (Fsp3) is 0.312. The molecule has 1 amide bonds. The van der Waals surface area contributed by atoms with Crippen molar-refractivity contribution in [2.75, 3.05) is 37.2 Å². The van der Waals surface area contributed by atoms with Gasteiger partial charge in [-0.3, -0.25) is 19.8 Å². The molecule has 1 aromatic heterocycles. The summed E-state index contributed by atoms with van der Waals surface area (Å²) >= 11 is 7.84. The number of thioether (sulfide) groups is 1. The van der Waals surface area contributed by atoms with Crippen molar-refractivity contribution in [2.45, 2.75) is 61.2 Å². The molecule has 14 heteroatoms. The Bertz CT molecular complexity index is 2700. The van der Waals surface area contributed by atoms with Crippen LogP contribution in [0.2, 0.25) is 5.02 Å². The summed E-state index contributed by atoms with van der Waals surface area (Å²) in [4.78, 5) is 31.1. The number of anilines is 1. The van der Waals surface area contributed by atoms with Gasteiger partial charge in [0, 0.05) is 95.8 Å². The van der Waals surface area contributed by atoms with Gasteiger partial charge in [0.2, 0.25) is 0 Å². The van der Waals surface area contributed by atoms with Crippen molar-refractivity contribution in [2.24, 2.45) is 11.8 Å². The van der Waals surface area contributed by atoms with E-state index < -0.39 is 20.9 Å². The van der Waals surface area contributed by atoms with Crippen molar-refractivity contribution in [3.63, 3.8) is 0 Å². The van der Waals surface area contributed by atoms with E-state index in [1.807, 2.05) is 66.7 Å². The highest BCUT2D eigenvalue weighted by molar-refractivity contribution is 7.99. The minimum absolute atomic E-state index is 0.114. The predicted molar refractivity (Wildman–Crippen MR) is 247 cm³/mol. The smallest absolute Gasteiger partial charge is 0.293 e. The number of halogens is 1. The van der Waals surface area contributed by atoms with E-state index in [0.29, 0.717) is 17.3 Å². The summed E-state index contributed by atoms with van der Waals surface area (Å²) in [6.07, 6.45) is 4.68. The second kappa shape index (κ2) is 18.3. The van der Waals surface area contributed by atoms with E-state index in [4.69, 9.17) is 11.6 Å². The van der Waals surface area contributed by atoms with E-state index in [2.05, 4.69) is 48.7 Å². The number of hydrogen-bond acceptors (Lipinski definition) is 9. The van der Waals surface area contributed by atoms with Gasteiger partial charge in [-0.25, -0.2) is 13.1 Å². The minimum atomic E-state index is -4.46. The average Bonchev–Trinajstić information content (AvgIpc) is 3.99. The predicted octanol–water partition coefficient (Wildman–Crippen LogP) is 9.70. The number of fused-ring (bicyclic) bond motifs is 4. The van der Waals surface area contributed by atoms with Gasteiger partial charge in [0.25, 0.3) is 21.6 Å². The van der Waals surface area contributed by atoms with Crippen molar-refractivity contribution in [1.29, 1.82) is 0 Å². The summed E-state index contributed by atoms with van der Waals surface area (Å²) in [5.74, 6) is 1.40. The molecule has 62 heavy (non-hydrogen) atoms. The van der Waals surface area contributed by atoms with Crippen LogP contribution in [-0.4, -0.2) is 71.6 Å². The van der Waals surface area contributed by atoms with Crippen molar-refractivity contribution in [3.05, 3.63) is 153 Å². The van der Waals surface area contributed by atoms with Crippen LogP contribution >= 0.6 is 23.4 Å². The van der Waals surface area contributed by atoms with Crippen molar-refractivity contribution >= 4 is 61.6 Å². The van der Waals surface area contributed by atoms with Gasteiger partial charge >= 0.3 is 0 Å². The lowest BCUT2D eigenvalue weighted by atomic mass is 9.99. The molecule has 2 aliphatic heterocycles. The third-order valence-corrected chi connectivity index (χ3v) is 15.4. The van der Waals surface area contributed by atoms with Crippen LogP contribution in [-0.2, 0) is 29.7 Å². The van der Waals surface area contributed by atoms with E-state index >= 15 is 0 Å². The van der Waals surface area contributed by atoms with Gasteiger partial charge in [-0.1, -0.05) is 72.6 Å². The molecule has 5 aromatic carbocycles. The van der Waals surface area contributed by atoms with Crippen molar-refractivity contribution in [1.82, 2.24) is 19.1 Å². The Hall–Kier alpha value is -5.18. The lowest BCUT2D eigenvalue weighted by Crippen LogP contribution is -2.33. The molecule has 1 unspecified atom stereocenters. The van der Waals surface area contributed by atoms with E-state index in [1.54, 1.807) is 23.9 Å². The van der Waals surface area contributed by atoms with E-state index in [1.165, 1.54) is 37.0 Å². The van der Waals surface area contributed by atoms with Crippen LogP contribution in [0, 0.1) is 22.0 Å². The van der Waals surface area contributed by atoms with Gasteiger partial charge in [-0.05, 0) is 108 Å². The van der Waals surface area contributed by atoms with Gasteiger partial charge < -0.3 is 14.8 Å². The molecule has 1 saturated heterocycles. The molecule has 0 bridgehead atoms. The number of carbonyl (C=O) groups excluding carboxylic acids is 1.